The van der Waals surface area contributed by atoms with Crippen molar-refractivity contribution >= 4 is 17.7 Å². The van der Waals surface area contributed by atoms with E-state index in [0.717, 1.165) is 12.2 Å². The molecular formula is C9H14O2S. The Morgan fingerprint density at radius 2 is 2.25 bits per heavy atom. The van der Waals surface area contributed by atoms with Crippen molar-refractivity contribution in [3.8, 4) is 0 Å². The molecule has 1 N–H and O–H groups in total. The van der Waals surface area contributed by atoms with E-state index in [1.165, 1.54) is 0 Å². The highest BCUT2D eigenvalue weighted by molar-refractivity contribution is 8.00. The second-order valence-electron chi connectivity index (χ2n) is 3.62. The Labute approximate surface area is 77.0 Å². The van der Waals surface area contributed by atoms with Crippen molar-refractivity contribution in [1.29, 1.82) is 0 Å². The van der Waals surface area contributed by atoms with Gasteiger partial charge in [0.25, 0.3) is 0 Å². The minimum absolute atomic E-state index is 0.0511. The summed E-state index contributed by atoms with van der Waals surface area (Å²) < 4.78 is 0.0511. The van der Waals surface area contributed by atoms with E-state index in [1.54, 1.807) is 0 Å². The lowest BCUT2D eigenvalue weighted by Crippen LogP contribution is -2.26. The summed E-state index contributed by atoms with van der Waals surface area (Å²) in [5.41, 5.74) is 0.366. The zero-order chi connectivity index (χ0) is 9.35. The second kappa shape index (κ2) is 3.13. The van der Waals surface area contributed by atoms with Gasteiger partial charge in [0, 0.05) is 16.2 Å². The van der Waals surface area contributed by atoms with Crippen LogP contribution >= 0.6 is 11.8 Å². The fourth-order valence-electron chi connectivity index (χ4n) is 1.63. The van der Waals surface area contributed by atoms with Gasteiger partial charge in [-0.3, -0.25) is 0 Å². The third kappa shape index (κ3) is 1.66. The molecule has 0 bridgehead atoms. The number of thioether (sulfide) groups is 1. The Balaban J connectivity index is 2.76. The highest BCUT2D eigenvalue weighted by Crippen LogP contribution is 2.45. The molecule has 1 unspecified atom stereocenters. The molecule has 1 rings (SSSR count). The van der Waals surface area contributed by atoms with E-state index in [9.17, 15) is 4.79 Å². The summed E-state index contributed by atoms with van der Waals surface area (Å²) >= 11 is 1.83. The maximum Gasteiger partial charge on any atom is 0.331 e. The third-order valence-corrected chi connectivity index (χ3v) is 3.88. The van der Waals surface area contributed by atoms with Gasteiger partial charge < -0.3 is 5.11 Å². The van der Waals surface area contributed by atoms with Crippen LogP contribution < -0.4 is 0 Å². The van der Waals surface area contributed by atoms with Crippen LogP contribution in [0.25, 0.3) is 0 Å². The lowest BCUT2D eigenvalue weighted by atomic mass is 9.86. The van der Waals surface area contributed by atoms with Crippen LogP contribution in [0, 0.1) is 5.92 Å². The first-order valence-electron chi connectivity index (χ1n) is 4.01. The van der Waals surface area contributed by atoms with E-state index in [-0.39, 0.29) is 10.7 Å². The molecule has 1 aliphatic rings. The van der Waals surface area contributed by atoms with Crippen LogP contribution in [0.4, 0.5) is 0 Å². The van der Waals surface area contributed by atoms with Crippen LogP contribution in [0.15, 0.2) is 12.2 Å². The smallest absolute Gasteiger partial charge is 0.331 e. The summed E-state index contributed by atoms with van der Waals surface area (Å²) in [5, 5.41) is 8.77. The standard InChI is InChI=1S/C9H14O2S/c1-6(8(10)11)7-4-5-12-9(7,2)3/h7H,1,4-5H2,2-3H3,(H,10,11). The normalized spacial score (nSPS) is 27.0. The van der Waals surface area contributed by atoms with Crippen molar-refractivity contribution in [2.24, 2.45) is 5.92 Å². The monoisotopic (exact) mass is 186 g/mol. The van der Waals surface area contributed by atoms with Crippen molar-refractivity contribution in [3.63, 3.8) is 0 Å². The van der Waals surface area contributed by atoms with Crippen LogP contribution in [-0.2, 0) is 4.79 Å². The number of hydrogen-bond donors (Lipinski definition) is 1. The molecule has 0 radical (unpaired) electrons. The first-order valence-corrected chi connectivity index (χ1v) is 5.00. The fraction of sp³-hybridized carbons (Fsp3) is 0.667. The lowest BCUT2D eigenvalue weighted by Gasteiger charge is -2.25. The summed E-state index contributed by atoms with van der Waals surface area (Å²) in [4.78, 5) is 10.7. The fourth-order valence-corrected chi connectivity index (χ4v) is 2.97. The summed E-state index contributed by atoms with van der Waals surface area (Å²) in [7, 11) is 0. The predicted molar refractivity (Wildman–Crippen MR) is 51.4 cm³/mol. The number of aliphatic carboxylic acids is 1. The molecule has 1 heterocycles. The van der Waals surface area contributed by atoms with Crippen LogP contribution in [0.2, 0.25) is 0 Å². The van der Waals surface area contributed by atoms with Crippen molar-refractivity contribution in [1.82, 2.24) is 0 Å². The Hall–Kier alpha value is -0.440. The van der Waals surface area contributed by atoms with Crippen LogP contribution in [0.1, 0.15) is 20.3 Å². The molecular weight excluding hydrogens is 172 g/mol. The van der Waals surface area contributed by atoms with Crippen molar-refractivity contribution in [2.45, 2.75) is 25.0 Å². The van der Waals surface area contributed by atoms with E-state index in [0.29, 0.717) is 5.57 Å². The molecule has 1 aliphatic heterocycles. The van der Waals surface area contributed by atoms with Gasteiger partial charge >= 0.3 is 5.97 Å². The van der Waals surface area contributed by atoms with Gasteiger partial charge in [0.05, 0.1) is 0 Å². The third-order valence-electron chi connectivity index (χ3n) is 2.42. The van der Waals surface area contributed by atoms with E-state index in [4.69, 9.17) is 5.11 Å². The average Bonchev–Trinajstić information content (AvgIpc) is 2.27. The highest BCUT2D eigenvalue weighted by atomic mass is 32.2. The second-order valence-corrected chi connectivity index (χ2v) is 5.37. The summed E-state index contributed by atoms with van der Waals surface area (Å²) in [6, 6.07) is 0. The number of carboxylic acids is 1. The first-order chi connectivity index (χ1) is 5.45. The summed E-state index contributed by atoms with van der Waals surface area (Å²) in [6.07, 6.45) is 0.947. The van der Waals surface area contributed by atoms with Gasteiger partial charge in [-0.05, 0) is 12.2 Å². The molecule has 2 nitrogen and oxygen atoms in total. The quantitative estimate of drug-likeness (QED) is 0.671. The molecule has 0 aromatic rings. The van der Waals surface area contributed by atoms with Crippen molar-refractivity contribution < 1.29 is 9.90 Å². The zero-order valence-electron chi connectivity index (χ0n) is 7.46. The largest absolute Gasteiger partial charge is 0.478 e. The van der Waals surface area contributed by atoms with Crippen LogP contribution in [0.5, 0.6) is 0 Å². The Morgan fingerprint density at radius 3 is 2.58 bits per heavy atom. The minimum Gasteiger partial charge on any atom is -0.478 e. The molecule has 1 saturated heterocycles. The molecule has 0 aromatic carbocycles. The van der Waals surface area contributed by atoms with E-state index in [2.05, 4.69) is 20.4 Å². The van der Waals surface area contributed by atoms with Gasteiger partial charge in [-0.1, -0.05) is 20.4 Å². The molecule has 68 valence electrons. The molecule has 0 saturated carbocycles. The van der Waals surface area contributed by atoms with Gasteiger partial charge in [-0.25, -0.2) is 4.79 Å². The molecule has 12 heavy (non-hydrogen) atoms. The Kier molecular flexibility index (Phi) is 2.52. The van der Waals surface area contributed by atoms with Crippen LogP contribution in [0.3, 0.4) is 0 Å². The molecule has 0 aliphatic carbocycles. The summed E-state index contributed by atoms with van der Waals surface area (Å²) in [6.45, 7) is 7.79. The molecule has 0 aromatic heterocycles. The molecule has 1 fully saturated rings. The zero-order valence-corrected chi connectivity index (χ0v) is 8.28. The van der Waals surface area contributed by atoms with E-state index < -0.39 is 5.97 Å². The average molecular weight is 186 g/mol. The molecule has 0 spiro atoms. The van der Waals surface area contributed by atoms with Gasteiger partial charge in [-0.15, -0.1) is 0 Å². The number of carbonyl (C=O) groups is 1. The predicted octanol–water partition coefficient (Wildman–Crippen LogP) is 2.16. The van der Waals surface area contributed by atoms with Crippen molar-refractivity contribution in [2.75, 3.05) is 5.75 Å². The Bertz CT molecular complexity index is 221. The van der Waals surface area contributed by atoms with Gasteiger partial charge in [0.15, 0.2) is 0 Å². The van der Waals surface area contributed by atoms with Gasteiger partial charge in [0.2, 0.25) is 0 Å². The number of carboxylic acid groups (broad SMARTS) is 1. The maximum absolute atomic E-state index is 10.7. The van der Waals surface area contributed by atoms with Crippen LogP contribution in [-0.4, -0.2) is 21.6 Å². The molecule has 3 heteroatoms. The summed E-state index contributed by atoms with van der Waals surface area (Å²) in [5.74, 6) is 0.333. The molecule has 0 amide bonds. The van der Waals surface area contributed by atoms with Gasteiger partial charge in [0.1, 0.15) is 0 Å². The Morgan fingerprint density at radius 1 is 1.67 bits per heavy atom. The first kappa shape index (κ1) is 9.65. The SMILES string of the molecule is C=C(C(=O)O)C1CCSC1(C)C. The topological polar surface area (TPSA) is 37.3 Å². The highest BCUT2D eigenvalue weighted by Gasteiger charge is 2.38. The van der Waals surface area contributed by atoms with Crippen molar-refractivity contribution in [3.05, 3.63) is 12.2 Å². The van der Waals surface area contributed by atoms with E-state index >= 15 is 0 Å². The van der Waals surface area contributed by atoms with Gasteiger partial charge in [-0.2, -0.15) is 11.8 Å². The number of rotatable bonds is 2. The molecule has 1 atom stereocenters. The lowest BCUT2D eigenvalue weighted by molar-refractivity contribution is -0.133. The van der Waals surface area contributed by atoms with E-state index in [1.807, 2.05) is 11.8 Å². The minimum atomic E-state index is -0.851. The number of hydrogen-bond acceptors (Lipinski definition) is 2. The maximum atomic E-state index is 10.7.